The molecule has 0 fully saturated rings. The maximum atomic E-state index is 12.6. The van der Waals surface area contributed by atoms with Crippen molar-refractivity contribution in [3.8, 4) is 0 Å². The van der Waals surface area contributed by atoms with Crippen molar-refractivity contribution in [2.45, 2.75) is 19.4 Å². The van der Waals surface area contributed by atoms with Gasteiger partial charge in [-0.25, -0.2) is 0 Å². The van der Waals surface area contributed by atoms with Gasteiger partial charge in [-0.05, 0) is 24.5 Å². The Morgan fingerprint density at radius 3 is 2.90 bits per heavy atom. The summed E-state index contributed by atoms with van der Waals surface area (Å²) in [4.78, 5) is 25.0. The van der Waals surface area contributed by atoms with E-state index in [2.05, 4.69) is 5.10 Å². The second kappa shape index (κ2) is 5.40. The lowest BCUT2D eigenvalue weighted by molar-refractivity contribution is -0.137. The summed E-state index contributed by atoms with van der Waals surface area (Å²) in [5.41, 5.74) is 2.50. The first-order valence-electron chi connectivity index (χ1n) is 6.79. The maximum absolute atomic E-state index is 12.6. The molecule has 1 aliphatic heterocycles. The van der Waals surface area contributed by atoms with Crippen molar-refractivity contribution in [1.82, 2.24) is 9.78 Å². The second-order valence-electron chi connectivity index (χ2n) is 5.01. The summed E-state index contributed by atoms with van der Waals surface area (Å²) in [6.07, 6.45) is 4.79. The number of aryl methyl sites for hydroxylation is 1. The van der Waals surface area contributed by atoms with Gasteiger partial charge in [0.25, 0.3) is 5.91 Å². The number of carbonyl (C=O) groups is 2. The number of hydrogen-bond donors (Lipinski definition) is 1. The molecule has 0 aliphatic carbocycles. The molecule has 0 saturated heterocycles. The molecule has 108 valence electrons. The van der Waals surface area contributed by atoms with Crippen molar-refractivity contribution in [3.63, 3.8) is 0 Å². The summed E-state index contributed by atoms with van der Waals surface area (Å²) in [7, 11) is 0. The fourth-order valence-electron chi connectivity index (χ4n) is 2.60. The summed E-state index contributed by atoms with van der Waals surface area (Å²) < 4.78 is 1.26. The number of carboxylic acid groups (broad SMARTS) is 1. The summed E-state index contributed by atoms with van der Waals surface area (Å²) in [6.45, 7) is 0.420. The van der Waals surface area contributed by atoms with Crippen molar-refractivity contribution in [1.29, 1.82) is 0 Å². The van der Waals surface area contributed by atoms with E-state index in [9.17, 15) is 9.59 Å². The largest absolute Gasteiger partial charge is 0.480 e. The van der Waals surface area contributed by atoms with Gasteiger partial charge in [0.15, 0.2) is 0 Å². The Labute approximate surface area is 121 Å². The highest BCUT2D eigenvalue weighted by atomic mass is 16.4. The molecule has 0 spiro atoms. The van der Waals surface area contributed by atoms with Gasteiger partial charge in [0, 0.05) is 18.4 Å². The van der Waals surface area contributed by atoms with Crippen LogP contribution < -0.4 is 4.90 Å². The van der Waals surface area contributed by atoms with E-state index in [1.165, 1.54) is 17.1 Å². The number of anilines is 1. The van der Waals surface area contributed by atoms with Gasteiger partial charge in [-0.15, -0.1) is 0 Å². The minimum absolute atomic E-state index is 0.140. The first-order chi connectivity index (χ1) is 10.1. The molecule has 0 bridgehead atoms. The maximum Gasteiger partial charge on any atom is 0.325 e. The minimum atomic E-state index is -0.986. The number of aromatic nitrogens is 2. The molecule has 1 N–H and O–H groups in total. The first kappa shape index (κ1) is 13.4. The van der Waals surface area contributed by atoms with E-state index < -0.39 is 5.97 Å². The Morgan fingerprint density at radius 1 is 1.29 bits per heavy atom. The van der Waals surface area contributed by atoms with E-state index in [0.29, 0.717) is 12.1 Å². The minimum Gasteiger partial charge on any atom is -0.480 e. The van der Waals surface area contributed by atoms with Crippen LogP contribution in [0.3, 0.4) is 0 Å². The van der Waals surface area contributed by atoms with Crippen LogP contribution in [0.5, 0.6) is 0 Å². The van der Waals surface area contributed by atoms with Crippen LogP contribution in [0.25, 0.3) is 0 Å². The van der Waals surface area contributed by atoms with Crippen molar-refractivity contribution >= 4 is 17.6 Å². The molecular weight excluding hydrogens is 270 g/mol. The molecule has 0 atom stereocenters. The quantitative estimate of drug-likeness (QED) is 0.928. The number of aliphatic carboxylic acids is 1. The third-order valence-corrected chi connectivity index (χ3v) is 3.53. The average Bonchev–Trinajstić information content (AvgIpc) is 2.93. The zero-order chi connectivity index (χ0) is 14.8. The Balaban J connectivity index is 1.86. The highest BCUT2D eigenvalue weighted by molar-refractivity contribution is 6.06. The molecule has 3 rings (SSSR count). The monoisotopic (exact) mass is 285 g/mol. The van der Waals surface area contributed by atoms with Crippen LogP contribution in [0.15, 0.2) is 36.7 Å². The smallest absolute Gasteiger partial charge is 0.325 e. The van der Waals surface area contributed by atoms with Crippen molar-refractivity contribution in [3.05, 3.63) is 47.8 Å². The van der Waals surface area contributed by atoms with Gasteiger partial charge >= 0.3 is 5.97 Å². The van der Waals surface area contributed by atoms with Crippen molar-refractivity contribution in [2.24, 2.45) is 0 Å². The molecule has 1 aliphatic rings. The number of benzene rings is 1. The number of carboxylic acids is 1. The number of hydrogen-bond acceptors (Lipinski definition) is 3. The van der Waals surface area contributed by atoms with Gasteiger partial charge in [-0.2, -0.15) is 5.10 Å². The van der Waals surface area contributed by atoms with E-state index in [0.717, 1.165) is 24.1 Å². The molecule has 21 heavy (non-hydrogen) atoms. The lowest BCUT2D eigenvalue weighted by Crippen LogP contribution is -2.35. The number of para-hydroxylation sites is 1. The lowest BCUT2D eigenvalue weighted by Gasteiger charge is -2.29. The lowest BCUT2D eigenvalue weighted by atomic mass is 10.0. The number of amides is 1. The van der Waals surface area contributed by atoms with Gasteiger partial charge in [0.1, 0.15) is 6.54 Å². The Bertz CT molecular complexity index is 693. The number of rotatable bonds is 3. The van der Waals surface area contributed by atoms with E-state index in [1.807, 2.05) is 24.3 Å². The summed E-state index contributed by atoms with van der Waals surface area (Å²) in [6, 6.07) is 7.85. The van der Waals surface area contributed by atoms with Crippen LogP contribution in [0.2, 0.25) is 0 Å². The van der Waals surface area contributed by atoms with Crippen LogP contribution in [-0.4, -0.2) is 33.3 Å². The Kier molecular flexibility index (Phi) is 3.43. The van der Waals surface area contributed by atoms with Gasteiger partial charge in [0.05, 0.1) is 11.8 Å². The van der Waals surface area contributed by atoms with E-state index in [4.69, 9.17) is 5.11 Å². The van der Waals surface area contributed by atoms with Crippen molar-refractivity contribution in [2.75, 3.05) is 11.4 Å². The van der Waals surface area contributed by atoms with E-state index in [1.54, 1.807) is 4.90 Å². The van der Waals surface area contributed by atoms with Crippen LogP contribution in [0.4, 0.5) is 5.69 Å². The van der Waals surface area contributed by atoms with E-state index in [-0.39, 0.29) is 12.5 Å². The summed E-state index contributed by atoms with van der Waals surface area (Å²) >= 11 is 0. The van der Waals surface area contributed by atoms with Gasteiger partial charge in [-0.1, -0.05) is 18.2 Å². The number of nitrogens with zero attached hydrogens (tertiary/aromatic N) is 3. The Morgan fingerprint density at radius 2 is 2.10 bits per heavy atom. The first-order valence-corrected chi connectivity index (χ1v) is 6.79. The summed E-state index contributed by atoms with van der Waals surface area (Å²) in [5.74, 6) is -1.13. The highest BCUT2D eigenvalue weighted by Crippen LogP contribution is 2.27. The molecular formula is C15H15N3O3. The summed E-state index contributed by atoms with van der Waals surface area (Å²) in [5, 5.41) is 12.7. The second-order valence-corrected chi connectivity index (χ2v) is 5.01. The SMILES string of the molecule is O=C(O)Cn1cc(C(=O)N2CCCc3ccccc32)cn1. The molecule has 0 saturated carbocycles. The highest BCUT2D eigenvalue weighted by Gasteiger charge is 2.24. The predicted molar refractivity (Wildman–Crippen MR) is 76.3 cm³/mol. The molecule has 2 aromatic rings. The number of carbonyl (C=O) groups excluding carboxylic acids is 1. The van der Waals surface area contributed by atoms with Crippen LogP contribution >= 0.6 is 0 Å². The standard InChI is InChI=1S/C15H15N3O3/c19-14(20)10-17-9-12(8-16-17)15(21)18-7-3-5-11-4-1-2-6-13(11)18/h1-2,4,6,8-9H,3,5,7,10H2,(H,19,20). The third-order valence-electron chi connectivity index (χ3n) is 3.53. The van der Waals surface area contributed by atoms with Crippen LogP contribution in [0.1, 0.15) is 22.3 Å². The Hall–Kier alpha value is -2.63. The van der Waals surface area contributed by atoms with E-state index >= 15 is 0 Å². The zero-order valence-electron chi connectivity index (χ0n) is 11.4. The van der Waals surface area contributed by atoms with Gasteiger partial charge < -0.3 is 10.0 Å². The molecule has 0 unspecified atom stereocenters. The fraction of sp³-hybridized carbons (Fsp3) is 0.267. The third kappa shape index (κ3) is 2.65. The molecule has 1 aromatic carbocycles. The zero-order valence-corrected chi connectivity index (χ0v) is 11.4. The molecule has 6 heteroatoms. The van der Waals surface area contributed by atoms with Crippen molar-refractivity contribution < 1.29 is 14.7 Å². The molecule has 6 nitrogen and oxygen atoms in total. The molecule has 0 radical (unpaired) electrons. The average molecular weight is 285 g/mol. The topological polar surface area (TPSA) is 75.4 Å². The fourth-order valence-corrected chi connectivity index (χ4v) is 2.60. The predicted octanol–water partition coefficient (Wildman–Crippen LogP) is 1.56. The van der Waals surface area contributed by atoms with Crippen LogP contribution in [0, 0.1) is 0 Å². The van der Waals surface area contributed by atoms with Gasteiger partial charge in [0.2, 0.25) is 0 Å². The molecule has 1 amide bonds. The van der Waals surface area contributed by atoms with Gasteiger partial charge in [-0.3, -0.25) is 14.3 Å². The number of fused-ring (bicyclic) bond motifs is 1. The normalized spacial score (nSPS) is 13.8. The molecule has 2 heterocycles. The van der Waals surface area contributed by atoms with Crippen LogP contribution in [-0.2, 0) is 17.8 Å². The molecule has 1 aromatic heterocycles.